The first-order valence-corrected chi connectivity index (χ1v) is 11.7. The molecule has 0 radical (unpaired) electrons. The van der Waals surface area contributed by atoms with Gasteiger partial charge in [0.2, 0.25) is 0 Å². The van der Waals surface area contributed by atoms with Crippen LogP contribution in [0.5, 0.6) is 0 Å². The lowest BCUT2D eigenvalue weighted by atomic mass is 9.96. The lowest BCUT2D eigenvalue weighted by Gasteiger charge is -2.27. The minimum absolute atomic E-state index is 0.257. The summed E-state index contributed by atoms with van der Waals surface area (Å²) >= 11 is 1.60. The minimum atomic E-state index is -1.08. The molecule has 0 fully saturated rings. The molecule has 5 heteroatoms. The molecule has 132 valence electrons. The third-order valence-corrected chi connectivity index (χ3v) is 7.95. The van der Waals surface area contributed by atoms with Gasteiger partial charge in [0.05, 0.1) is 0 Å². The highest BCUT2D eigenvalue weighted by Crippen LogP contribution is 2.55. The molecule has 2 aromatic heterocycles. The van der Waals surface area contributed by atoms with Crippen LogP contribution in [0.1, 0.15) is 22.8 Å². The van der Waals surface area contributed by atoms with Gasteiger partial charge in [-0.15, -0.1) is 11.3 Å². The van der Waals surface area contributed by atoms with Crippen LogP contribution in [0.4, 0.5) is 4.39 Å². The topological polar surface area (TPSA) is 33.1 Å². The van der Waals surface area contributed by atoms with Crippen LogP contribution < -0.4 is 0 Å². The van der Waals surface area contributed by atoms with E-state index in [9.17, 15) is 9.50 Å². The average molecular weight is 376 g/mol. The molecular weight excluding hydrogens is 353 g/mol. The molecule has 2 nitrogen and oxygen atoms in total. The van der Waals surface area contributed by atoms with Crippen molar-refractivity contribution >= 4 is 21.4 Å². The van der Waals surface area contributed by atoms with Gasteiger partial charge in [0.25, 0.3) is 0 Å². The van der Waals surface area contributed by atoms with Crippen LogP contribution in [0, 0.1) is 12.7 Å². The van der Waals surface area contributed by atoms with E-state index >= 15 is 0 Å². The zero-order chi connectivity index (χ0) is 18.2. The summed E-state index contributed by atoms with van der Waals surface area (Å²) in [4.78, 5) is 4.12. The summed E-state index contributed by atoms with van der Waals surface area (Å²) in [6.45, 7) is 1.87. The molecule has 0 saturated carbocycles. The molecule has 0 amide bonds. The van der Waals surface area contributed by atoms with E-state index in [0.29, 0.717) is 5.56 Å². The van der Waals surface area contributed by atoms with E-state index in [2.05, 4.69) is 23.8 Å². The first-order valence-electron chi connectivity index (χ1n) is 7.93. The third-order valence-electron chi connectivity index (χ3n) is 4.04. The van der Waals surface area contributed by atoms with Crippen molar-refractivity contribution in [2.24, 2.45) is 0 Å². The van der Waals surface area contributed by atoms with Crippen LogP contribution in [0.2, 0.25) is 0 Å². The summed E-state index contributed by atoms with van der Waals surface area (Å²) in [6.07, 6.45) is 9.09. The van der Waals surface area contributed by atoms with Crippen molar-refractivity contribution in [3.8, 4) is 11.1 Å². The van der Waals surface area contributed by atoms with Crippen molar-refractivity contribution < 1.29 is 9.50 Å². The van der Waals surface area contributed by atoms with E-state index in [1.165, 1.54) is 6.07 Å². The number of halogens is 1. The summed E-state index contributed by atoms with van der Waals surface area (Å²) in [5.41, 5.74) is 3.72. The first-order chi connectivity index (χ1) is 11.8. The van der Waals surface area contributed by atoms with Crippen LogP contribution in [0.25, 0.3) is 11.1 Å². The largest absolute Gasteiger partial charge is 0.384 e. The number of aryl methyl sites for hydroxylation is 1. The van der Waals surface area contributed by atoms with E-state index in [-0.39, 0.29) is 5.82 Å². The smallest absolute Gasteiger partial charge is 0.131 e. The zero-order valence-electron chi connectivity index (χ0n) is 14.8. The highest BCUT2D eigenvalue weighted by atomic mass is 32.3. The second-order valence-electron chi connectivity index (χ2n) is 6.86. The van der Waals surface area contributed by atoms with Gasteiger partial charge in [-0.05, 0) is 43.4 Å². The molecule has 1 aromatic carbocycles. The SMILES string of the molecule is Cc1ccc(-c2csc(S(C)(C)C)c2C(O)c2cccnc2)c(F)c1. The standard InChI is InChI=1S/C20H22FNOS2/c1-13-7-8-15(17(21)10-13)16-12-24-20(25(2,3)4)18(16)19(23)14-6-5-9-22-11-14/h5-12,19,23H,1-4H3. The Bertz CT molecular complexity index is 884. The fourth-order valence-corrected chi connectivity index (χ4v) is 5.84. The van der Waals surface area contributed by atoms with Crippen molar-refractivity contribution in [3.63, 3.8) is 0 Å². The first kappa shape index (κ1) is 18.1. The lowest BCUT2D eigenvalue weighted by molar-refractivity contribution is 0.218. The van der Waals surface area contributed by atoms with E-state index < -0.39 is 16.1 Å². The highest BCUT2D eigenvalue weighted by Gasteiger charge is 2.27. The molecule has 3 aromatic rings. The molecule has 1 unspecified atom stereocenters. The molecule has 1 N–H and O–H groups in total. The molecule has 0 aliphatic rings. The molecule has 0 aliphatic carbocycles. The molecule has 1 atom stereocenters. The highest BCUT2D eigenvalue weighted by molar-refractivity contribution is 8.33. The maximum absolute atomic E-state index is 14.6. The van der Waals surface area contributed by atoms with Crippen LogP contribution in [0.15, 0.2) is 52.3 Å². The fraction of sp³-hybridized carbons (Fsp3) is 0.250. The Kier molecular flexibility index (Phi) is 5.00. The average Bonchev–Trinajstić information content (AvgIpc) is 3.00. The van der Waals surface area contributed by atoms with E-state index in [0.717, 1.165) is 26.5 Å². The van der Waals surface area contributed by atoms with Crippen LogP contribution in [-0.2, 0) is 0 Å². The second kappa shape index (κ2) is 6.90. The van der Waals surface area contributed by atoms with Crippen molar-refractivity contribution in [1.82, 2.24) is 4.98 Å². The molecule has 0 bridgehead atoms. The normalized spacial score (nSPS) is 13.7. The Morgan fingerprint density at radius 1 is 1.16 bits per heavy atom. The van der Waals surface area contributed by atoms with Gasteiger partial charge in [0.1, 0.15) is 11.9 Å². The van der Waals surface area contributed by atoms with Crippen molar-refractivity contribution in [2.45, 2.75) is 17.2 Å². The summed E-state index contributed by atoms with van der Waals surface area (Å²) in [5, 5.41) is 13.0. The number of aromatic nitrogens is 1. The fourth-order valence-electron chi connectivity index (χ4n) is 2.83. The van der Waals surface area contributed by atoms with Crippen molar-refractivity contribution in [1.29, 1.82) is 0 Å². The van der Waals surface area contributed by atoms with E-state index in [4.69, 9.17) is 0 Å². The molecular formula is C20H22FNOS2. The maximum Gasteiger partial charge on any atom is 0.131 e. The summed E-state index contributed by atoms with van der Waals surface area (Å²) in [6, 6.07) is 8.90. The van der Waals surface area contributed by atoms with Crippen molar-refractivity contribution in [3.05, 3.63) is 70.6 Å². The number of thiophene rings is 1. The predicted molar refractivity (Wildman–Crippen MR) is 106 cm³/mol. The lowest BCUT2D eigenvalue weighted by Crippen LogP contribution is -2.05. The van der Waals surface area contributed by atoms with Gasteiger partial charge in [-0.3, -0.25) is 4.98 Å². The quantitative estimate of drug-likeness (QED) is 0.663. The van der Waals surface area contributed by atoms with Gasteiger partial charge < -0.3 is 5.11 Å². The number of benzene rings is 1. The number of rotatable bonds is 4. The minimum Gasteiger partial charge on any atom is -0.384 e. The van der Waals surface area contributed by atoms with E-state index in [1.54, 1.807) is 35.9 Å². The van der Waals surface area contributed by atoms with Crippen molar-refractivity contribution in [2.75, 3.05) is 18.8 Å². The number of aliphatic hydroxyl groups excluding tert-OH is 1. The molecule has 0 saturated heterocycles. The molecule has 2 heterocycles. The number of pyridine rings is 1. The molecule has 3 rings (SSSR count). The number of hydrogen-bond acceptors (Lipinski definition) is 3. The Hall–Kier alpha value is -1.69. The predicted octanol–water partition coefficient (Wildman–Crippen LogP) is 5.39. The number of nitrogens with zero attached hydrogens (tertiary/aromatic N) is 1. The Morgan fingerprint density at radius 3 is 2.52 bits per heavy atom. The van der Waals surface area contributed by atoms with Gasteiger partial charge >= 0.3 is 0 Å². The van der Waals surface area contributed by atoms with Crippen LogP contribution in [0.3, 0.4) is 0 Å². The molecule has 25 heavy (non-hydrogen) atoms. The van der Waals surface area contributed by atoms with Gasteiger partial charge in [0, 0.05) is 44.2 Å². The Balaban J connectivity index is 2.22. The summed E-state index contributed by atoms with van der Waals surface area (Å²) in [7, 11) is -1.08. The Labute approximate surface area is 153 Å². The van der Waals surface area contributed by atoms with Crippen LogP contribution >= 0.6 is 21.4 Å². The molecule has 0 aliphatic heterocycles. The van der Waals surface area contributed by atoms with Gasteiger partial charge in [-0.2, -0.15) is 0 Å². The van der Waals surface area contributed by atoms with Gasteiger partial charge in [0.15, 0.2) is 0 Å². The summed E-state index contributed by atoms with van der Waals surface area (Å²) < 4.78 is 15.7. The van der Waals surface area contributed by atoms with Gasteiger partial charge in [-0.1, -0.05) is 18.2 Å². The van der Waals surface area contributed by atoms with Crippen LogP contribution in [-0.4, -0.2) is 28.9 Å². The number of aliphatic hydroxyl groups is 1. The summed E-state index contributed by atoms with van der Waals surface area (Å²) in [5.74, 6) is -0.257. The number of hydrogen-bond donors (Lipinski definition) is 1. The second-order valence-corrected chi connectivity index (χ2v) is 12.1. The monoisotopic (exact) mass is 375 g/mol. The zero-order valence-corrected chi connectivity index (χ0v) is 16.4. The maximum atomic E-state index is 14.6. The van der Waals surface area contributed by atoms with Gasteiger partial charge in [-0.25, -0.2) is 14.4 Å². The Morgan fingerprint density at radius 2 is 1.92 bits per heavy atom. The third kappa shape index (κ3) is 3.64. The molecule has 0 spiro atoms. The van der Waals surface area contributed by atoms with E-state index in [1.807, 2.05) is 24.4 Å².